The van der Waals surface area contributed by atoms with Crippen LogP contribution in [0.1, 0.15) is 16.1 Å². The van der Waals surface area contributed by atoms with Crippen molar-refractivity contribution in [3.63, 3.8) is 0 Å². The number of para-hydroxylation sites is 1. The summed E-state index contributed by atoms with van der Waals surface area (Å²) in [5.41, 5.74) is 2.16. The average Bonchev–Trinajstić information content (AvgIpc) is 2.62. The smallest absolute Gasteiger partial charge is 0.271 e. The summed E-state index contributed by atoms with van der Waals surface area (Å²) in [6.07, 6.45) is 6.36. The number of aromatic nitrogens is 3. The number of nitrogens with one attached hydrogen (secondary N) is 2. The van der Waals surface area contributed by atoms with Crippen molar-refractivity contribution in [3.05, 3.63) is 78.5 Å². The first kappa shape index (κ1) is 14.6. The molecule has 3 aromatic rings. The lowest BCUT2D eigenvalue weighted by Gasteiger charge is -2.07. The molecule has 6 heteroatoms. The summed E-state index contributed by atoms with van der Waals surface area (Å²) in [6, 6.07) is 13.3. The van der Waals surface area contributed by atoms with Crippen molar-refractivity contribution < 1.29 is 4.79 Å². The molecule has 6 nitrogen and oxygen atoms in total. The lowest BCUT2D eigenvalue weighted by molar-refractivity contribution is 0.0945. The molecule has 0 aliphatic carbocycles. The van der Waals surface area contributed by atoms with Crippen molar-refractivity contribution >= 4 is 17.4 Å². The van der Waals surface area contributed by atoms with Gasteiger partial charge in [-0.3, -0.25) is 9.78 Å². The summed E-state index contributed by atoms with van der Waals surface area (Å²) in [6.45, 7) is 0.424. The minimum atomic E-state index is -0.263. The maximum atomic E-state index is 12.0. The van der Waals surface area contributed by atoms with Crippen LogP contribution in [0.4, 0.5) is 11.5 Å². The fourth-order valence-corrected chi connectivity index (χ4v) is 1.95. The van der Waals surface area contributed by atoms with Crippen molar-refractivity contribution in [3.8, 4) is 0 Å². The third-order valence-corrected chi connectivity index (χ3v) is 3.13. The molecule has 23 heavy (non-hydrogen) atoms. The molecule has 0 fully saturated rings. The third kappa shape index (κ3) is 4.10. The van der Waals surface area contributed by atoms with E-state index < -0.39 is 0 Å². The molecule has 0 atom stereocenters. The van der Waals surface area contributed by atoms with Crippen LogP contribution in [0.2, 0.25) is 0 Å². The number of nitrogens with zero attached hydrogens (tertiary/aromatic N) is 3. The quantitative estimate of drug-likeness (QED) is 0.757. The Kier molecular flexibility index (Phi) is 4.54. The van der Waals surface area contributed by atoms with Crippen molar-refractivity contribution in [2.75, 3.05) is 5.32 Å². The molecule has 2 aromatic heterocycles. The topological polar surface area (TPSA) is 79.8 Å². The van der Waals surface area contributed by atoms with E-state index in [-0.39, 0.29) is 11.6 Å². The molecular weight excluding hydrogens is 290 g/mol. The maximum Gasteiger partial charge on any atom is 0.271 e. The Morgan fingerprint density at radius 2 is 1.74 bits per heavy atom. The lowest BCUT2D eigenvalue weighted by atomic mass is 10.2. The SMILES string of the molecule is O=C(NCc1ccncc1)c1cnc(Nc2ccccc2)cn1. The minimum absolute atomic E-state index is 0.263. The highest BCUT2D eigenvalue weighted by Crippen LogP contribution is 2.12. The van der Waals surface area contributed by atoms with Gasteiger partial charge in [-0.05, 0) is 29.8 Å². The van der Waals surface area contributed by atoms with E-state index in [2.05, 4.69) is 25.6 Å². The van der Waals surface area contributed by atoms with Crippen LogP contribution < -0.4 is 10.6 Å². The van der Waals surface area contributed by atoms with Crippen molar-refractivity contribution in [1.82, 2.24) is 20.3 Å². The average molecular weight is 305 g/mol. The molecule has 2 heterocycles. The van der Waals surface area contributed by atoms with Crippen LogP contribution in [0.15, 0.2) is 67.3 Å². The summed E-state index contributed by atoms with van der Waals surface area (Å²) in [5.74, 6) is 0.322. The van der Waals surface area contributed by atoms with Crippen molar-refractivity contribution in [2.45, 2.75) is 6.54 Å². The van der Waals surface area contributed by atoms with Crippen LogP contribution in [-0.2, 0) is 6.54 Å². The Bertz CT molecular complexity index is 760. The van der Waals surface area contributed by atoms with E-state index in [0.717, 1.165) is 11.3 Å². The zero-order valence-corrected chi connectivity index (χ0v) is 12.3. The molecule has 0 saturated heterocycles. The summed E-state index contributed by atoms with van der Waals surface area (Å²) in [4.78, 5) is 24.3. The first-order chi connectivity index (χ1) is 11.3. The Morgan fingerprint density at radius 3 is 2.43 bits per heavy atom. The molecule has 0 saturated carbocycles. The Labute approximate surface area is 133 Å². The molecule has 1 aromatic carbocycles. The highest BCUT2D eigenvalue weighted by atomic mass is 16.1. The number of carbonyl (C=O) groups is 1. The van der Waals surface area contributed by atoms with E-state index in [0.29, 0.717) is 12.4 Å². The summed E-state index contributed by atoms with van der Waals surface area (Å²) in [5, 5.41) is 5.91. The van der Waals surface area contributed by atoms with Crippen molar-refractivity contribution in [1.29, 1.82) is 0 Å². The second-order valence-corrected chi connectivity index (χ2v) is 4.82. The van der Waals surface area contributed by atoms with Gasteiger partial charge in [0.15, 0.2) is 0 Å². The van der Waals surface area contributed by atoms with Crippen LogP contribution in [0.3, 0.4) is 0 Å². The fourth-order valence-electron chi connectivity index (χ4n) is 1.95. The Balaban J connectivity index is 1.59. The second kappa shape index (κ2) is 7.13. The highest BCUT2D eigenvalue weighted by Gasteiger charge is 2.07. The van der Waals surface area contributed by atoms with Crippen LogP contribution in [-0.4, -0.2) is 20.9 Å². The normalized spacial score (nSPS) is 10.1. The summed E-state index contributed by atoms with van der Waals surface area (Å²) in [7, 11) is 0. The van der Waals surface area contributed by atoms with Crippen LogP contribution >= 0.6 is 0 Å². The molecule has 3 rings (SSSR count). The first-order valence-electron chi connectivity index (χ1n) is 7.12. The summed E-state index contributed by atoms with van der Waals surface area (Å²) < 4.78 is 0. The maximum absolute atomic E-state index is 12.0. The number of anilines is 2. The van der Waals surface area contributed by atoms with Gasteiger partial charge in [-0.25, -0.2) is 9.97 Å². The third-order valence-electron chi connectivity index (χ3n) is 3.13. The van der Waals surface area contributed by atoms with Gasteiger partial charge in [0.05, 0.1) is 12.4 Å². The van der Waals surface area contributed by atoms with Gasteiger partial charge in [0.25, 0.3) is 5.91 Å². The number of benzene rings is 1. The molecule has 0 aliphatic heterocycles. The molecule has 0 spiro atoms. The fraction of sp³-hybridized carbons (Fsp3) is 0.0588. The zero-order valence-electron chi connectivity index (χ0n) is 12.3. The number of hydrogen-bond acceptors (Lipinski definition) is 5. The van der Waals surface area contributed by atoms with Crippen LogP contribution in [0, 0.1) is 0 Å². The van der Waals surface area contributed by atoms with E-state index >= 15 is 0 Å². The standard InChI is InChI=1S/C17H15N5O/c23-17(21-10-13-6-8-18-9-7-13)15-11-20-16(12-19-15)22-14-4-2-1-3-5-14/h1-9,11-12H,10H2,(H,20,22)(H,21,23). The van der Waals surface area contributed by atoms with Gasteiger partial charge in [0.1, 0.15) is 11.5 Å². The minimum Gasteiger partial charge on any atom is -0.347 e. The van der Waals surface area contributed by atoms with Gasteiger partial charge in [-0.1, -0.05) is 18.2 Å². The van der Waals surface area contributed by atoms with Gasteiger partial charge < -0.3 is 10.6 Å². The molecule has 2 N–H and O–H groups in total. The monoisotopic (exact) mass is 305 g/mol. The van der Waals surface area contributed by atoms with Crippen molar-refractivity contribution in [2.24, 2.45) is 0 Å². The zero-order chi connectivity index (χ0) is 15.9. The molecule has 0 aliphatic rings. The van der Waals surface area contributed by atoms with Gasteiger partial charge >= 0.3 is 0 Å². The number of carbonyl (C=O) groups excluding carboxylic acids is 1. The molecule has 0 unspecified atom stereocenters. The van der Waals surface area contributed by atoms with E-state index in [9.17, 15) is 4.79 Å². The Morgan fingerprint density at radius 1 is 0.957 bits per heavy atom. The van der Waals surface area contributed by atoms with Gasteiger partial charge in [0.2, 0.25) is 0 Å². The summed E-state index contributed by atoms with van der Waals surface area (Å²) >= 11 is 0. The molecule has 1 amide bonds. The van der Waals surface area contributed by atoms with Crippen LogP contribution in [0.25, 0.3) is 0 Å². The number of amides is 1. The number of rotatable bonds is 5. The number of hydrogen-bond donors (Lipinski definition) is 2. The lowest BCUT2D eigenvalue weighted by Crippen LogP contribution is -2.24. The highest BCUT2D eigenvalue weighted by molar-refractivity contribution is 5.92. The molecular formula is C17H15N5O. The molecule has 0 bridgehead atoms. The van der Waals surface area contributed by atoms with Gasteiger partial charge in [0, 0.05) is 24.6 Å². The molecule has 114 valence electrons. The first-order valence-corrected chi connectivity index (χ1v) is 7.12. The van der Waals surface area contributed by atoms with E-state index in [1.165, 1.54) is 12.4 Å². The second-order valence-electron chi connectivity index (χ2n) is 4.82. The van der Waals surface area contributed by atoms with E-state index in [1.807, 2.05) is 42.5 Å². The van der Waals surface area contributed by atoms with Crippen LogP contribution in [0.5, 0.6) is 0 Å². The predicted molar refractivity (Wildman–Crippen MR) is 87.2 cm³/mol. The largest absolute Gasteiger partial charge is 0.347 e. The Hall–Kier alpha value is -3.28. The molecule has 0 radical (unpaired) electrons. The van der Waals surface area contributed by atoms with E-state index in [1.54, 1.807) is 12.4 Å². The predicted octanol–water partition coefficient (Wildman–Crippen LogP) is 2.55. The van der Waals surface area contributed by atoms with Gasteiger partial charge in [-0.15, -0.1) is 0 Å². The van der Waals surface area contributed by atoms with E-state index in [4.69, 9.17) is 0 Å². The number of pyridine rings is 1. The van der Waals surface area contributed by atoms with Gasteiger partial charge in [-0.2, -0.15) is 0 Å².